The van der Waals surface area contributed by atoms with Gasteiger partial charge in [0.2, 0.25) is 0 Å². The van der Waals surface area contributed by atoms with Gasteiger partial charge in [0.25, 0.3) is 5.91 Å². The summed E-state index contributed by atoms with van der Waals surface area (Å²) in [6, 6.07) is 7.90. The molecule has 1 aromatic carbocycles. The first-order valence-corrected chi connectivity index (χ1v) is 10.8. The first-order chi connectivity index (χ1) is 14.7. The molecule has 1 aromatic heterocycles. The molecule has 2 N–H and O–H groups in total. The highest BCUT2D eigenvalue weighted by atomic mass is 16.5. The van der Waals surface area contributed by atoms with Crippen LogP contribution in [0.25, 0.3) is 0 Å². The average molecular weight is 430 g/mol. The molecule has 0 aliphatic carbocycles. The van der Waals surface area contributed by atoms with Crippen LogP contribution in [0.4, 0.5) is 0 Å². The molecule has 0 aliphatic rings. The van der Waals surface area contributed by atoms with Crippen LogP contribution in [0.1, 0.15) is 71.4 Å². The number of rotatable bonds is 10. The number of likely N-dealkylation sites (N-methyl/N-ethyl adjacent to an activating group) is 1. The van der Waals surface area contributed by atoms with E-state index in [0.717, 1.165) is 24.4 Å². The van der Waals surface area contributed by atoms with E-state index in [2.05, 4.69) is 29.0 Å². The van der Waals surface area contributed by atoms with Gasteiger partial charge in [0, 0.05) is 12.2 Å². The molecule has 1 amide bonds. The minimum atomic E-state index is -0.419. The third-order valence-corrected chi connectivity index (χ3v) is 5.40. The Labute approximate surface area is 185 Å². The summed E-state index contributed by atoms with van der Waals surface area (Å²) in [4.78, 5) is 30.8. The minimum Gasteiger partial charge on any atom is -0.497 e. The smallest absolute Gasteiger partial charge is 0.340 e. The fourth-order valence-electron chi connectivity index (χ4n) is 3.80. The van der Waals surface area contributed by atoms with Crippen molar-refractivity contribution in [3.05, 3.63) is 52.3 Å². The summed E-state index contributed by atoms with van der Waals surface area (Å²) in [5.41, 5.74) is 3.11. The van der Waals surface area contributed by atoms with Gasteiger partial charge in [-0.15, -0.1) is 0 Å². The zero-order chi connectivity index (χ0) is 23.1. The van der Waals surface area contributed by atoms with Gasteiger partial charge in [-0.25, -0.2) is 4.79 Å². The lowest BCUT2D eigenvalue weighted by atomic mass is 10.0. The van der Waals surface area contributed by atoms with Crippen LogP contribution in [0.3, 0.4) is 0 Å². The largest absolute Gasteiger partial charge is 0.497 e. The Balaban J connectivity index is 2.24. The highest BCUT2D eigenvalue weighted by Gasteiger charge is 2.25. The molecule has 1 atom stereocenters. The van der Waals surface area contributed by atoms with Gasteiger partial charge in [0.1, 0.15) is 11.4 Å². The van der Waals surface area contributed by atoms with Crippen LogP contribution in [0, 0.1) is 13.8 Å². The fourth-order valence-corrected chi connectivity index (χ4v) is 3.80. The molecule has 0 spiro atoms. The Hall–Kier alpha value is -2.80. The Morgan fingerprint density at radius 2 is 1.84 bits per heavy atom. The van der Waals surface area contributed by atoms with E-state index < -0.39 is 5.97 Å². The van der Waals surface area contributed by atoms with E-state index in [0.29, 0.717) is 29.1 Å². The van der Waals surface area contributed by atoms with Gasteiger partial charge >= 0.3 is 5.97 Å². The number of carbonyl (C=O) groups excluding carboxylic acids is 2. The van der Waals surface area contributed by atoms with Gasteiger partial charge in [-0.3, -0.25) is 9.69 Å². The van der Waals surface area contributed by atoms with Crippen molar-refractivity contribution in [2.24, 2.45) is 0 Å². The summed E-state index contributed by atoms with van der Waals surface area (Å²) in [7, 11) is 1.64. The second-order valence-electron chi connectivity index (χ2n) is 7.80. The molecule has 7 nitrogen and oxygen atoms in total. The highest BCUT2D eigenvalue weighted by molar-refractivity contribution is 6.00. The van der Waals surface area contributed by atoms with Crippen LogP contribution >= 0.6 is 0 Å². The number of amides is 1. The number of ether oxygens (including phenoxy) is 2. The second kappa shape index (κ2) is 11.0. The SMILES string of the molecule is CCN(CC)C(CNC(=O)c1[nH]c(C)c(C(=O)OC(C)C)c1C)c1cccc(OC)c1. The van der Waals surface area contributed by atoms with Crippen molar-refractivity contribution in [2.75, 3.05) is 26.7 Å². The molecule has 1 unspecified atom stereocenters. The third kappa shape index (κ3) is 5.88. The number of hydrogen-bond donors (Lipinski definition) is 2. The van der Waals surface area contributed by atoms with Crippen LogP contribution in [-0.4, -0.2) is 54.6 Å². The summed E-state index contributed by atoms with van der Waals surface area (Å²) >= 11 is 0. The van der Waals surface area contributed by atoms with Gasteiger partial charge in [0.05, 0.1) is 24.8 Å². The third-order valence-electron chi connectivity index (χ3n) is 5.40. The maximum absolute atomic E-state index is 13.0. The van der Waals surface area contributed by atoms with Crippen LogP contribution in [0.15, 0.2) is 24.3 Å². The predicted molar refractivity (Wildman–Crippen MR) is 122 cm³/mol. The molecule has 1 heterocycles. The molecule has 0 saturated carbocycles. The Kier molecular flexibility index (Phi) is 8.68. The average Bonchev–Trinajstić information content (AvgIpc) is 3.04. The molecule has 0 saturated heterocycles. The van der Waals surface area contributed by atoms with Crippen molar-refractivity contribution >= 4 is 11.9 Å². The molecular formula is C24H35N3O4. The van der Waals surface area contributed by atoms with Crippen molar-refractivity contribution in [1.29, 1.82) is 0 Å². The van der Waals surface area contributed by atoms with Crippen LogP contribution in [0.2, 0.25) is 0 Å². The molecule has 0 fully saturated rings. The molecule has 170 valence electrons. The van der Waals surface area contributed by atoms with Gasteiger partial charge < -0.3 is 19.8 Å². The molecule has 2 aromatic rings. The zero-order valence-electron chi connectivity index (χ0n) is 19.7. The fraction of sp³-hybridized carbons (Fsp3) is 0.500. The van der Waals surface area contributed by atoms with Gasteiger partial charge in [-0.2, -0.15) is 0 Å². The topological polar surface area (TPSA) is 83.7 Å². The number of nitrogens with zero attached hydrogens (tertiary/aromatic N) is 1. The normalized spacial score (nSPS) is 12.2. The lowest BCUT2D eigenvalue weighted by Gasteiger charge is -2.30. The van der Waals surface area contributed by atoms with Gasteiger partial charge in [-0.1, -0.05) is 26.0 Å². The van der Waals surface area contributed by atoms with Gasteiger partial charge in [-0.05, 0) is 64.0 Å². The van der Waals surface area contributed by atoms with Crippen molar-refractivity contribution in [3.63, 3.8) is 0 Å². The van der Waals surface area contributed by atoms with E-state index in [1.807, 2.05) is 24.3 Å². The number of esters is 1. The number of hydrogen-bond acceptors (Lipinski definition) is 5. The monoisotopic (exact) mass is 429 g/mol. The second-order valence-corrected chi connectivity index (χ2v) is 7.80. The number of H-pyrrole nitrogens is 1. The number of carbonyl (C=O) groups is 2. The molecule has 7 heteroatoms. The molecule has 0 radical (unpaired) electrons. The molecule has 0 bridgehead atoms. The number of methoxy groups -OCH3 is 1. The maximum atomic E-state index is 13.0. The quantitative estimate of drug-likeness (QED) is 0.558. The summed E-state index contributed by atoms with van der Waals surface area (Å²) in [6.45, 7) is 13.5. The number of nitrogens with one attached hydrogen (secondary N) is 2. The summed E-state index contributed by atoms with van der Waals surface area (Å²) in [6.07, 6.45) is -0.226. The Morgan fingerprint density at radius 1 is 1.16 bits per heavy atom. The number of aryl methyl sites for hydroxylation is 1. The van der Waals surface area contributed by atoms with E-state index in [4.69, 9.17) is 9.47 Å². The standard InChI is InChI=1S/C24H35N3O4/c1-8-27(9-2)20(18-11-10-12-19(13-18)30-7)14-25-23(28)22-16(5)21(17(6)26-22)24(29)31-15(3)4/h10-13,15,20,26H,8-9,14H2,1-7H3,(H,25,28). The summed E-state index contributed by atoms with van der Waals surface area (Å²) in [5, 5.41) is 3.04. The van der Waals surface area contributed by atoms with Crippen molar-refractivity contribution in [3.8, 4) is 5.75 Å². The van der Waals surface area contributed by atoms with Crippen LogP contribution in [0.5, 0.6) is 5.75 Å². The first-order valence-electron chi connectivity index (χ1n) is 10.8. The van der Waals surface area contributed by atoms with E-state index in [-0.39, 0.29) is 18.1 Å². The summed E-state index contributed by atoms with van der Waals surface area (Å²) < 4.78 is 10.7. The van der Waals surface area contributed by atoms with Crippen molar-refractivity contribution < 1.29 is 19.1 Å². The van der Waals surface area contributed by atoms with E-state index in [9.17, 15) is 9.59 Å². The minimum absolute atomic E-state index is 0.00390. The maximum Gasteiger partial charge on any atom is 0.340 e. The summed E-state index contributed by atoms with van der Waals surface area (Å²) in [5.74, 6) is 0.118. The number of aromatic amines is 1. The van der Waals surface area contributed by atoms with E-state index >= 15 is 0 Å². The number of aromatic nitrogens is 1. The zero-order valence-corrected chi connectivity index (χ0v) is 19.7. The lowest BCUT2D eigenvalue weighted by molar-refractivity contribution is 0.0376. The van der Waals surface area contributed by atoms with Crippen molar-refractivity contribution in [2.45, 2.75) is 53.7 Å². The Morgan fingerprint density at radius 3 is 2.42 bits per heavy atom. The predicted octanol–water partition coefficient (Wildman–Crippen LogP) is 4.02. The number of benzene rings is 1. The Bertz CT molecular complexity index is 900. The molecule has 0 aliphatic heterocycles. The highest BCUT2D eigenvalue weighted by Crippen LogP contribution is 2.24. The van der Waals surface area contributed by atoms with Crippen LogP contribution < -0.4 is 10.1 Å². The lowest BCUT2D eigenvalue weighted by Crippen LogP contribution is -2.38. The van der Waals surface area contributed by atoms with E-state index in [1.165, 1.54) is 0 Å². The molecular weight excluding hydrogens is 394 g/mol. The van der Waals surface area contributed by atoms with Gasteiger partial charge in [0.15, 0.2) is 0 Å². The van der Waals surface area contributed by atoms with Crippen molar-refractivity contribution in [1.82, 2.24) is 15.2 Å². The van der Waals surface area contributed by atoms with Crippen LogP contribution in [-0.2, 0) is 4.74 Å². The van der Waals surface area contributed by atoms with E-state index in [1.54, 1.807) is 34.8 Å². The first kappa shape index (κ1) is 24.5. The molecule has 2 rings (SSSR count). The molecule has 31 heavy (non-hydrogen) atoms.